The number of amides is 1. The standard InChI is InChI=1S/C19H27N3O3S.ClH/c1-21(2)11-6-12-22(18(23)13-7-5-8-13)19-20-16-14(24-3)9-10-15(25-4)17(16)26-19;/h9-10,13H,5-8,11-12H2,1-4H3;1H. The molecule has 0 atom stereocenters. The molecule has 0 unspecified atom stereocenters. The lowest BCUT2D eigenvalue weighted by Gasteiger charge is -2.30. The maximum absolute atomic E-state index is 13.0. The van der Waals surface area contributed by atoms with Gasteiger partial charge in [-0.3, -0.25) is 9.69 Å². The predicted octanol–water partition coefficient (Wildman–Crippen LogP) is 3.82. The van der Waals surface area contributed by atoms with Crippen molar-refractivity contribution in [1.29, 1.82) is 0 Å². The Morgan fingerprint density at radius 2 is 1.85 bits per heavy atom. The van der Waals surface area contributed by atoms with E-state index in [0.29, 0.717) is 12.3 Å². The molecule has 0 N–H and O–H groups in total. The molecule has 0 aliphatic heterocycles. The first-order valence-corrected chi connectivity index (χ1v) is 9.84. The smallest absolute Gasteiger partial charge is 0.231 e. The van der Waals surface area contributed by atoms with Gasteiger partial charge < -0.3 is 14.4 Å². The minimum Gasteiger partial charge on any atom is -0.495 e. The van der Waals surface area contributed by atoms with E-state index in [-0.39, 0.29) is 24.2 Å². The third-order valence-electron chi connectivity index (χ3n) is 4.84. The number of halogens is 1. The van der Waals surface area contributed by atoms with Crippen molar-refractivity contribution < 1.29 is 14.3 Å². The number of fused-ring (bicyclic) bond motifs is 1. The van der Waals surface area contributed by atoms with Crippen molar-refractivity contribution in [2.24, 2.45) is 5.92 Å². The van der Waals surface area contributed by atoms with E-state index in [2.05, 4.69) is 4.90 Å². The number of aromatic nitrogens is 1. The van der Waals surface area contributed by atoms with Crippen LogP contribution in [0.25, 0.3) is 10.2 Å². The number of carbonyl (C=O) groups excluding carboxylic acids is 1. The second kappa shape index (κ2) is 9.57. The summed E-state index contributed by atoms with van der Waals surface area (Å²) in [5, 5.41) is 0.735. The summed E-state index contributed by atoms with van der Waals surface area (Å²) < 4.78 is 11.8. The Morgan fingerprint density at radius 1 is 1.19 bits per heavy atom. The normalized spacial score (nSPS) is 14.0. The van der Waals surface area contributed by atoms with E-state index in [4.69, 9.17) is 14.5 Å². The molecular weight excluding hydrogens is 386 g/mol. The summed E-state index contributed by atoms with van der Waals surface area (Å²) in [6.45, 7) is 1.62. The molecule has 1 aromatic carbocycles. The van der Waals surface area contributed by atoms with Crippen LogP contribution >= 0.6 is 23.7 Å². The molecule has 0 spiro atoms. The second-order valence-electron chi connectivity index (χ2n) is 6.92. The van der Waals surface area contributed by atoms with Crippen LogP contribution in [-0.4, -0.2) is 57.2 Å². The molecule has 0 bridgehead atoms. The lowest BCUT2D eigenvalue weighted by molar-refractivity contribution is -0.124. The van der Waals surface area contributed by atoms with Crippen molar-refractivity contribution in [2.45, 2.75) is 25.7 Å². The van der Waals surface area contributed by atoms with Crippen LogP contribution in [0.15, 0.2) is 12.1 Å². The average molecular weight is 414 g/mol. The highest BCUT2D eigenvalue weighted by Gasteiger charge is 2.32. The second-order valence-corrected chi connectivity index (χ2v) is 7.90. The molecule has 27 heavy (non-hydrogen) atoms. The highest BCUT2D eigenvalue weighted by atomic mass is 35.5. The van der Waals surface area contributed by atoms with E-state index in [9.17, 15) is 4.79 Å². The Kier molecular flexibility index (Phi) is 7.70. The average Bonchev–Trinajstić information content (AvgIpc) is 3.00. The van der Waals surface area contributed by atoms with Gasteiger partial charge in [-0.15, -0.1) is 12.4 Å². The van der Waals surface area contributed by atoms with E-state index in [0.717, 1.165) is 53.3 Å². The zero-order chi connectivity index (χ0) is 18.7. The highest BCUT2D eigenvalue weighted by Crippen LogP contribution is 2.41. The number of nitrogens with zero attached hydrogens (tertiary/aromatic N) is 3. The maximum atomic E-state index is 13.0. The van der Waals surface area contributed by atoms with Crippen LogP contribution < -0.4 is 14.4 Å². The topological polar surface area (TPSA) is 54.9 Å². The summed E-state index contributed by atoms with van der Waals surface area (Å²) in [5.74, 6) is 1.80. The predicted molar refractivity (Wildman–Crippen MR) is 113 cm³/mol. The van der Waals surface area contributed by atoms with Crippen molar-refractivity contribution in [2.75, 3.05) is 46.3 Å². The van der Waals surface area contributed by atoms with Crippen LogP contribution in [0.2, 0.25) is 0 Å². The van der Waals surface area contributed by atoms with Gasteiger partial charge in [-0.1, -0.05) is 17.8 Å². The number of hydrogen-bond acceptors (Lipinski definition) is 6. The van der Waals surface area contributed by atoms with Crippen LogP contribution in [0.1, 0.15) is 25.7 Å². The van der Waals surface area contributed by atoms with Gasteiger partial charge in [-0.25, -0.2) is 4.98 Å². The van der Waals surface area contributed by atoms with Crippen molar-refractivity contribution in [3.63, 3.8) is 0 Å². The molecule has 8 heteroatoms. The van der Waals surface area contributed by atoms with Gasteiger partial charge in [0.1, 0.15) is 21.7 Å². The van der Waals surface area contributed by atoms with Crippen LogP contribution in [0.4, 0.5) is 5.13 Å². The molecule has 2 aromatic rings. The minimum absolute atomic E-state index is 0. The van der Waals surface area contributed by atoms with E-state index in [1.165, 1.54) is 11.3 Å². The zero-order valence-electron chi connectivity index (χ0n) is 16.4. The quantitative estimate of drug-likeness (QED) is 0.658. The molecule has 1 fully saturated rings. The van der Waals surface area contributed by atoms with Gasteiger partial charge in [0, 0.05) is 12.5 Å². The fraction of sp³-hybridized carbons (Fsp3) is 0.579. The third kappa shape index (κ3) is 4.65. The van der Waals surface area contributed by atoms with Crippen molar-refractivity contribution in [3.8, 4) is 11.5 Å². The van der Waals surface area contributed by atoms with Crippen LogP contribution in [0.3, 0.4) is 0 Å². The largest absolute Gasteiger partial charge is 0.495 e. The van der Waals surface area contributed by atoms with Gasteiger partial charge in [0.2, 0.25) is 5.91 Å². The summed E-state index contributed by atoms with van der Waals surface area (Å²) in [4.78, 5) is 21.8. The Balaban J connectivity index is 0.00000261. The molecule has 6 nitrogen and oxygen atoms in total. The van der Waals surface area contributed by atoms with Gasteiger partial charge in [0.05, 0.1) is 14.2 Å². The summed E-state index contributed by atoms with van der Waals surface area (Å²) >= 11 is 1.50. The first-order valence-electron chi connectivity index (χ1n) is 9.02. The molecule has 3 rings (SSSR count). The first kappa shape index (κ1) is 21.7. The first-order chi connectivity index (χ1) is 12.5. The molecule has 1 saturated carbocycles. The molecule has 1 heterocycles. The SMILES string of the molecule is COc1ccc(OC)c2sc(N(CCCN(C)C)C(=O)C3CCC3)nc12.Cl. The number of benzene rings is 1. The fourth-order valence-electron chi connectivity index (χ4n) is 3.11. The van der Waals surface area contributed by atoms with Crippen LogP contribution in [-0.2, 0) is 4.79 Å². The lowest BCUT2D eigenvalue weighted by atomic mass is 9.84. The Labute approximate surface area is 170 Å². The number of thiazole rings is 1. The molecule has 1 aliphatic carbocycles. The minimum atomic E-state index is 0. The lowest BCUT2D eigenvalue weighted by Crippen LogP contribution is -2.40. The van der Waals surface area contributed by atoms with Crippen molar-refractivity contribution in [3.05, 3.63) is 12.1 Å². The number of rotatable bonds is 8. The molecule has 1 amide bonds. The number of hydrogen-bond donors (Lipinski definition) is 0. The fourth-order valence-corrected chi connectivity index (χ4v) is 4.22. The van der Waals surface area contributed by atoms with Gasteiger partial charge in [-0.2, -0.15) is 0 Å². The number of ether oxygens (including phenoxy) is 2. The molecule has 0 radical (unpaired) electrons. The summed E-state index contributed by atoms with van der Waals surface area (Å²) in [7, 11) is 7.38. The van der Waals surface area contributed by atoms with E-state index < -0.39 is 0 Å². The van der Waals surface area contributed by atoms with Gasteiger partial charge in [0.25, 0.3) is 0 Å². The van der Waals surface area contributed by atoms with E-state index >= 15 is 0 Å². The summed E-state index contributed by atoms with van der Waals surface area (Å²) in [6, 6.07) is 3.74. The number of anilines is 1. The van der Waals surface area contributed by atoms with Crippen molar-refractivity contribution >= 4 is 45.0 Å². The Bertz CT molecular complexity index is 736. The van der Waals surface area contributed by atoms with E-state index in [1.807, 2.05) is 31.1 Å². The maximum Gasteiger partial charge on any atom is 0.231 e. The Morgan fingerprint density at radius 3 is 2.41 bits per heavy atom. The third-order valence-corrected chi connectivity index (χ3v) is 5.93. The van der Waals surface area contributed by atoms with Gasteiger partial charge in [0.15, 0.2) is 5.13 Å². The van der Waals surface area contributed by atoms with Gasteiger partial charge >= 0.3 is 0 Å². The Hall–Kier alpha value is -1.57. The summed E-state index contributed by atoms with van der Waals surface area (Å²) in [6.07, 6.45) is 4.03. The molecular formula is C19H28ClN3O3S. The zero-order valence-corrected chi connectivity index (χ0v) is 18.0. The highest BCUT2D eigenvalue weighted by molar-refractivity contribution is 7.22. The monoisotopic (exact) mass is 413 g/mol. The molecule has 150 valence electrons. The van der Waals surface area contributed by atoms with E-state index in [1.54, 1.807) is 14.2 Å². The van der Waals surface area contributed by atoms with Gasteiger partial charge in [-0.05, 0) is 52.0 Å². The van der Waals surface area contributed by atoms with Crippen LogP contribution in [0, 0.1) is 5.92 Å². The summed E-state index contributed by atoms with van der Waals surface area (Å²) in [5.41, 5.74) is 0.755. The molecule has 1 aliphatic rings. The van der Waals surface area contributed by atoms with Crippen molar-refractivity contribution in [1.82, 2.24) is 9.88 Å². The molecule has 0 saturated heterocycles. The molecule has 1 aromatic heterocycles. The van der Waals surface area contributed by atoms with Crippen LogP contribution in [0.5, 0.6) is 11.5 Å². The number of methoxy groups -OCH3 is 2. The number of carbonyl (C=O) groups is 1.